The maximum Gasteiger partial charge on any atom is 0.410 e. The second kappa shape index (κ2) is 12.0. The summed E-state index contributed by atoms with van der Waals surface area (Å²) in [5, 5.41) is 5.53. The zero-order chi connectivity index (χ0) is 28.2. The molecule has 9 nitrogen and oxygen atoms in total. The number of hydrogen-bond donors (Lipinski definition) is 3. The van der Waals surface area contributed by atoms with E-state index in [4.69, 9.17) is 22.1 Å². The Labute approximate surface area is 227 Å². The zero-order valence-corrected chi connectivity index (χ0v) is 23.1. The Morgan fingerprint density at radius 2 is 1.97 bits per heavy atom. The molecule has 2 aromatic rings. The van der Waals surface area contributed by atoms with Gasteiger partial charge in [-0.25, -0.2) is 14.2 Å². The SMILES string of the molecule is Cc1nc(N)ccc1CNC(=O)C(C)NC(=O)[C@H]1C[C@H](Cc2ccc(F)c(Cl)c2)CN1C(=O)OC(C)(C)C. The standard InChI is InChI=1S/C27H35ClFN5O4/c1-15-19(7-9-23(30)32-15)13-31-24(35)16(2)33-25(36)22-12-18(10-17-6-8-21(29)20(28)11-17)14-34(22)26(37)38-27(3,4)5/h6-9,11,16,18,22H,10,12-14H2,1-5H3,(H2,30,32)(H,31,35)(H,33,36)/t16?,18-,22+/m0/s1. The van der Waals surface area contributed by atoms with Crippen molar-refractivity contribution in [3.8, 4) is 0 Å². The Morgan fingerprint density at radius 3 is 2.61 bits per heavy atom. The smallest absolute Gasteiger partial charge is 0.410 e. The first-order valence-corrected chi connectivity index (χ1v) is 12.8. The first-order chi connectivity index (χ1) is 17.7. The Balaban J connectivity index is 1.67. The lowest BCUT2D eigenvalue weighted by Gasteiger charge is -2.28. The van der Waals surface area contributed by atoms with Gasteiger partial charge in [0.15, 0.2) is 0 Å². The van der Waals surface area contributed by atoms with Gasteiger partial charge in [-0.05, 0) is 82.7 Å². The molecule has 11 heteroatoms. The van der Waals surface area contributed by atoms with Gasteiger partial charge in [0.05, 0.1) is 5.02 Å². The van der Waals surface area contributed by atoms with Crippen LogP contribution in [0.15, 0.2) is 30.3 Å². The van der Waals surface area contributed by atoms with Gasteiger partial charge in [-0.3, -0.25) is 14.5 Å². The molecule has 3 atom stereocenters. The van der Waals surface area contributed by atoms with Crippen molar-refractivity contribution in [1.82, 2.24) is 20.5 Å². The number of anilines is 1. The van der Waals surface area contributed by atoms with Crippen molar-refractivity contribution >= 4 is 35.3 Å². The summed E-state index contributed by atoms with van der Waals surface area (Å²) in [5.74, 6) is -1.04. The van der Waals surface area contributed by atoms with E-state index in [-0.39, 0.29) is 29.9 Å². The topological polar surface area (TPSA) is 127 Å². The molecular formula is C27H35ClFN5O4. The van der Waals surface area contributed by atoms with E-state index in [1.165, 1.54) is 11.0 Å². The number of carbonyl (C=O) groups is 3. The molecule has 1 aliphatic heterocycles. The largest absolute Gasteiger partial charge is 0.444 e. The summed E-state index contributed by atoms with van der Waals surface area (Å²) < 4.78 is 19.1. The third-order valence-electron chi connectivity index (χ3n) is 6.25. The average Bonchev–Trinajstić information content (AvgIpc) is 3.24. The van der Waals surface area contributed by atoms with Gasteiger partial charge in [-0.1, -0.05) is 23.7 Å². The van der Waals surface area contributed by atoms with Crippen LogP contribution in [-0.2, 0) is 27.3 Å². The number of nitrogen functional groups attached to an aromatic ring is 1. The van der Waals surface area contributed by atoms with E-state index >= 15 is 0 Å². The second-order valence-corrected chi connectivity index (χ2v) is 11.0. The fourth-order valence-corrected chi connectivity index (χ4v) is 4.55. The molecule has 1 fully saturated rings. The fraction of sp³-hybridized carbons (Fsp3) is 0.481. The lowest BCUT2D eigenvalue weighted by atomic mass is 9.96. The minimum Gasteiger partial charge on any atom is -0.444 e. The summed E-state index contributed by atoms with van der Waals surface area (Å²) >= 11 is 5.93. The Bertz CT molecular complexity index is 1200. The van der Waals surface area contributed by atoms with Crippen LogP contribution in [0.2, 0.25) is 5.02 Å². The van der Waals surface area contributed by atoms with Crippen LogP contribution in [0, 0.1) is 18.7 Å². The van der Waals surface area contributed by atoms with Gasteiger partial charge in [-0.2, -0.15) is 0 Å². The third-order valence-corrected chi connectivity index (χ3v) is 6.54. The van der Waals surface area contributed by atoms with Crippen molar-refractivity contribution in [2.75, 3.05) is 12.3 Å². The molecule has 4 N–H and O–H groups in total. The van der Waals surface area contributed by atoms with E-state index in [2.05, 4.69) is 15.6 Å². The summed E-state index contributed by atoms with van der Waals surface area (Å²) in [5.41, 5.74) is 7.24. The van der Waals surface area contributed by atoms with E-state index < -0.39 is 35.5 Å². The van der Waals surface area contributed by atoms with Gasteiger partial charge in [0.1, 0.15) is 29.3 Å². The number of nitrogens with two attached hydrogens (primary N) is 1. The van der Waals surface area contributed by atoms with E-state index in [1.807, 2.05) is 0 Å². The summed E-state index contributed by atoms with van der Waals surface area (Å²) in [4.78, 5) is 44.5. The van der Waals surface area contributed by atoms with Gasteiger partial charge < -0.3 is 21.1 Å². The number of amides is 3. The maximum absolute atomic E-state index is 13.6. The average molecular weight is 548 g/mol. The molecule has 1 aromatic carbocycles. The van der Waals surface area contributed by atoms with Crippen molar-refractivity contribution in [3.63, 3.8) is 0 Å². The highest BCUT2D eigenvalue weighted by Crippen LogP contribution is 2.29. The number of carbonyl (C=O) groups excluding carboxylic acids is 3. The summed E-state index contributed by atoms with van der Waals surface area (Å²) in [6.07, 6.45) is 0.236. The highest BCUT2D eigenvalue weighted by Gasteiger charge is 2.42. The molecule has 0 aliphatic carbocycles. The molecule has 0 radical (unpaired) electrons. The van der Waals surface area contributed by atoms with Crippen molar-refractivity contribution in [1.29, 1.82) is 0 Å². The predicted molar refractivity (Wildman–Crippen MR) is 143 cm³/mol. The minimum atomic E-state index is -0.847. The van der Waals surface area contributed by atoms with Gasteiger partial charge in [0, 0.05) is 18.8 Å². The van der Waals surface area contributed by atoms with Crippen LogP contribution >= 0.6 is 11.6 Å². The van der Waals surface area contributed by atoms with Crippen molar-refractivity contribution in [2.45, 2.75) is 71.7 Å². The number of pyridine rings is 1. The molecule has 1 saturated heterocycles. The molecular weight excluding hydrogens is 513 g/mol. The molecule has 1 unspecified atom stereocenters. The van der Waals surface area contributed by atoms with Crippen LogP contribution in [0.1, 0.15) is 50.9 Å². The number of benzene rings is 1. The molecule has 206 valence electrons. The second-order valence-electron chi connectivity index (χ2n) is 10.6. The van der Waals surface area contributed by atoms with Crippen LogP contribution < -0.4 is 16.4 Å². The summed E-state index contributed by atoms with van der Waals surface area (Å²) in [6.45, 7) is 9.12. The van der Waals surface area contributed by atoms with Gasteiger partial charge in [0.2, 0.25) is 11.8 Å². The van der Waals surface area contributed by atoms with Crippen molar-refractivity contribution < 1.29 is 23.5 Å². The summed E-state index contributed by atoms with van der Waals surface area (Å²) in [6, 6.07) is 6.24. The van der Waals surface area contributed by atoms with Crippen LogP contribution in [0.3, 0.4) is 0 Å². The summed E-state index contributed by atoms with van der Waals surface area (Å²) in [7, 11) is 0. The normalized spacial score (nSPS) is 18.1. The fourth-order valence-electron chi connectivity index (χ4n) is 4.35. The minimum absolute atomic E-state index is 0.0172. The maximum atomic E-state index is 13.6. The molecule has 2 heterocycles. The van der Waals surface area contributed by atoms with Gasteiger partial charge in [0.25, 0.3) is 0 Å². The van der Waals surface area contributed by atoms with Gasteiger partial charge in [-0.15, -0.1) is 0 Å². The number of likely N-dealkylation sites (tertiary alicyclic amines) is 1. The molecule has 0 spiro atoms. The van der Waals surface area contributed by atoms with Crippen LogP contribution in [0.5, 0.6) is 0 Å². The molecule has 38 heavy (non-hydrogen) atoms. The Kier molecular flexibility index (Phi) is 9.19. The number of hydrogen-bond acceptors (Lipinski definition) is 6. The zero-order valence-electron chi connectivity index (χ0n) is 22.3. The van der Waals surface area contributed by atoms with E-state index in [9.17, 15) is 18.8 Å². The Hall–Kier alpha value is -3.40. The third kappa shape index (κ3) is 7.80. The number of aryl methyl sites for hydroxylation is 1. The quantitative estimate of drug-likeness (QED) is 0.484. The Morgan fingerprint density at radius 1 is 1.26 bits per heavy atom. The number of nitrogens with zero attached hydrogens (tertiary/aromatic N) is 2. The molecule has 3 rings (SSSR count). The monoisotopic (exact) mass is 547 g/mol. The lowest BCUT2D eigenvalue weighted by Crippen LogP contribution is -2.52. The highest BCUT2D eigenvalue weighted by molar-refractivity contribution is 6.30. The number of aromatic nitrogens is 1. The molecule has 0 bridgehead atoms. The lowest BCUT2D eigenvalue weighted by molar-refractivity contribution is -0.131. The predicted octanol–water partition coefficient (Wildman–Crippen LogP) is 3.75. The van der Waals surface area contributed by atoms with Crippen molar-refractivity contribution in [2.24, 2.45) is 5.92 Å². The molecule has 0 saturated carbocycles. The molecule has 1 aliphatic rings. The van der Waals surface area contributed by atoms with Crippen LogP contribution in [0.4, 0.5) is 15.0 Å². The van der Waals surface area contributed by atoms with E-state index in [1.54, 1.807) is 58.9 Å². The number of rotatable bonds is 7. The number of halogens is 2. The van der Waals surface area contributed by atoms with Crippen LogP contribution in [-0.4, -0.2) is 52.0 Å². The highest BCUT2D eigenvalue weighted by atomic mass is 35.5. The first kappa shape index (κ1) is 29.2. The first-order valence-electron chi connectivity index (χ1n) is 12.5. The van der Waals surface area contributed by atoms with Crippen LogP contribution in [0.25, 0.3) is 0 Å². The number of nitrogens with one attached hydrogen (secondary N) is 2. The molecule has 1 aromatic heterocycles. The van der Waals surface area contributed by atoms with Crippen molar-refractivity contribution in [3.05, 3.63) is 58.0 Å². The molecule has 3 amide bonds. The van der Waals surface area contributed by atoms with Gasteiger partial charge >= 0.3 is 6.09 Å². The van der Waals surface area contributed by atoms with E-state index in [0.717, 1.165) is 11.1 Å². The van der Waals surface area contributed by atoms with E-state index in [0.29, 0.717) is 24.4 Å². The number of ether oxygens (including phenoxy) is 1.